The summed E-state index contributed by atoms with van der Waals surface area (Å²) >= 11 is 0. The number of para-hydroxylation sites is 1. The van der Waals surface area contributed by atoms with Crippen LogP contribution in [0.5, 0.6) is 5.75 Å². The largest absolute Gasteiger partial charge is 0.493 e. The van der Waals surface area contributed by atoms with Gasteiger partial charge < -0.3 is 19.6 Å². The molecule has 5 rings (SSSR count). The monoisotopic (exact) mass is 553 g/mol. The molecule has 0 aliphatic rings. The number of hydrogen-bond acceptors (Lipinski definition) is 5. The van der Waals surface area contributed by atoms with Gasteiger partial charge in [0.05, 0.1) is 31.0 Å². The quantitative estimate of drug-likeness (QED) is 0.157. The number of nitrogens with zero attached hydrogens (tertiary/aromatic N) is 2. The van der Waals surface area contributed by atoms with Gasteiger partial charge in [0, 0.05) is 30.4 Å². The first kappa shape index (κ1) is 27.3. The third-order valence-corrected chi connectivity index (χ3v) is 6.81. The summed E-state index contributed by atoms with van der Waals surface area (Å²) in [4.78, 5) is 16.0. The predicted octanol–water partition coefficient (Wildman–Crippen LogP) is 6.67. The standard InChI is InChI=1S/C30H28F3N3O4.H2/c1-3-39-29(38)27-21(14-8-16-40-24-15-6-10-18-9-4-5-11-19(18)24)20-12-7-13-22(26(20)34-27)25-23(17-37)35-36(2)28(25)30(31,32)33;/h4-7,9-13,15,34,37H,3,8,14,16-17H2,1-2H3;1H. The van der Waals surface area contributed by atoms with Crippen molar-refractivity contribution in [3.05, 3.63) is 83.3 Å². The van der Waals surface area contributed by atoms with Crippen molar-refractivity contribution in [1.29, 1.82) is 0 Å². The van der Waals surface area contributed by atoms with Gasteiger partial charge in [0.15, 0.2) is 5.69 Å². The molecule has 2 N–H and O–H groups in total. The molecule has 0 fully saturated rings. The van der Waals surface area contributed by atoms with Gasteiger partial charge in [0.2, 0.25) is 0 Å². The highest BCUT2D eigenvalue weighted by atomic mass is 19.4. The Morgan fingerprint density at radius 2 is 1.80 bits per heavy atom. The third-order valence-electron chi connectivity index (χ3n) is 6.81. The average molecular weight is 554 g/mol. The number of halogens is 3. The number of carbonyl (C=O) groups is 1. The highest BCUT2D eigenvalue weighted by Crippen LogP contribution is 2.42. The number of nitrogens with one attached hydrogen (secondary N) is 1. The van der Waals surface area contributed by atoms with Gasteiger partial charge >= 0.3 is 12.1 Å². The fourth-order valence-corrected chi connectivity index (χ4v) is 5.17. The number of aliphatic hydroxyl groups excluding tert-OH is 1. The van der Waals surface area contributed by atoms with Crippen molar-refractivity contribution in [2.45, 2.75) is 32.5 Å². The van der Waals surface area contributed by atoms with Crippen molar-refractivity contribution in [2.75, 3.05) is 13.2 Å². The van der Waals surface area contributed by atoms with Gasteiger partial charge in [-0.1, -0.05) is 54.6 Å². The smallest absolute Gasteiger partial charge is 0.433 e. The Labute approximate surface area is 229 Å². The van der Waals surface area contributed by atoms with Crippen LogP contribution < -0.4 is 4.74 Å². The predicted molar refractivity (Wildman–Crippen MR) is 147 cm³/mol. The van der Waals surface area contributed by atoms with Crippen molar-refractivity contribution >= 4 is 27.6 Å². The molecule has 0 atom stereocenters. The van der Waals surface area contributed by atoms with E-state index in [2.05, 4.69) is 10.1 Å². The topological polar surface area (TPSA) is 89.4 Å². The molecule has 5 aromatic rings. The van der Waals surface area contributed by atoms with E-state index in [0.717, 1.165) is 21.2 Å². The van der Waals surface area contributed by atoms with E-state index >= 15 is 0 Å². The summed E-state index contributed by atoms with van der Waals surface area (Å²) in [7, 11) is 1.19. The second-order valence-electron chi connectivity index (χ2n) is 9.31. The normalized spacial score (nSPS) is 11.8. The van der Waals surface area contributed by atoms with Gasteiger partial charge in [-0.05, 0) is 36.8 Å². The van der Waals surface area contributed by atoms with E-state index in [4.69, 9.17) is 9.47 Å². The minimum Gasteiger partial charge on any atom is -0.493 e. The van der Waals surface area contributed by atoms with Crippen LogP contribution in [-0.2, 0) is 31.0 Å². The molecule has 0 bridgehead atoms. The number of hydrogen-bond donors (Lipinski definition) is 2. The van der Waals surface area contributed by atoms with E-state index in [9.17, 15) is 23.1 Å². The number of esters is 1. The van der Waals surface area contributed by atoms with Crippen LogP contribution in [0.3, 0.4) is 0 Å². The van der Waals surface area contributed by atoms with Crippen molar-refractivity contribution in [3.8, 4) is 16.9 Å². The highest BCUT2D eigenvalue weighted by Gasteiger charge is 2.40. The number of H-pyrrole nitrogens is 1. The molecule has 210 valence electrons. The number of alkyl halides is 3. The number of ether oxygens (including phenoxy) is 2. The molecular formula is C30H30F3N3O4. The molecule has 2 aromatic heterocycles. The summed E-state index contributed by atoms with van der Waals surface area (Å²) in [5, 5.41) is 16.4. The van der Waals surface area contributed by atoms with Gasteiger partial charge in [0.25, 0.3) is 0 Å². The molecule has 10 heteroatoms. The number of aromatic nitrogens is 3. The van der Waals surface area contributed by atoms with Crippen molar-refractivity contribution < 1.29 is 34.0 Å². The molecule has 0 saturated carbocycles. The van der Waals surface area contributed by atoms with Crippen LogP contribution in [0.1, 0.15) is 42.2 Å². The second kappa shape index (κ2) is 11.1. The maximum absolute atomic E-state index is 14.1. The number of aryl methyl sites for hydroxylation is 2. The molecule has 3 aromatic carbocycles. The summed E-state index contributed by atoms with van der Waals surface area (Å²) in [6.07, 6.45) is -3.77. The molecule has 40 heavy (non-hydrogen) atoms. The number of aromatic amines is 1. The van der Waals surface area contributed by atoms with E-state index in [-0.39, 0.29) is 30.5 Å². The Morgan fingerprint density at radius 3 is 2.55 bits per heavy atom. The lowest BCUT2D eigenvalue weighted by atomic mass is 9.98. The Hall–Kier alpha value is -4.31. The van der Waals surface area contributed by atoms with Crippen LogP contribution in [0.2, 0.25) is 0 Å². The molecule has 0 aliphatic heterocycles. The maximum Gasteiger partial charge on any atom is 0.433 e. The van der Waals surface area contributed by atoms with Gasteiger partial charge in [-0.3, -0.25) is 4.68 Å². The second-order valence-corrected chi connectivity index (χ2v) is 9.31. The summed E-state index contributed by atoms with van der Waals surface area (Å²) in [5.41, 5.74) is -0.00148. The van der Waals surface area contributed by atoms with Gasteiger partial charge in [-0.25, -0.2) is 4.79 Å². The molecule has 0 amide bonds. The maximum atomic E-state index is 14.1. The van der Waals surface area contributed by atoms with E-state index < -0.39 is 24.4 Å². The number of aliphatic hydroxyl groups is 1. The third kappa shape index (κ3) is 5.02. The lowest BCUT2D eigenvalue weighted by Gasteiger charge is -2.12. The zero-order chi connectivity index (χ0) is 28.4. The van der Waals surface area contributed by atoms with Crippen LogP contribution in [0.4, 0.5) is 13.2 Å². The molecule has 0 unspecified atom stereocenters. The van der Waals surface area contributed by atoms with Gasteiger partial charge in [-0.15, -0.1) is 0 Å². The fourth-order valence-electron chi connectivity index (χ4n) is 5.17. The minimum atomic E-state index is -4.72. The van der Waals surface area contributed by atoms with Gasteiger partial charge in [-0.2, -0.15) is 18.3 Å². The number of carbonyl (C=O) groups excluding carboxylic acids is 1. The van der Waals surface area contributed by atoms with Crippen molar-refractivity contribution in [1.82, 2.24) is 14.8 Å². The molecule has 7 nitrogen and oxygen atoms in total. The average Bonchev–Trinajstić information content (AvgIpc) is 3.48. The van der Waals surface area contributed by atoms with E-state index in [1.807, 2.05) is 42.5 Å². The van der Waals surface area contributed by atoms with Crippen LogP contribution >= 0.6 is 0 Å². The SMILES string of the molecule is CCOC(=O)c1[nH]c2c(-c3c(CO)nn(C)c3C(F)(F)F)cccc2c1CCCOc1cccc2ccccc12.[HH]. The zero-order valence-electron chi connectivity index (χ0n) is 22.0. The van der Waals surface area contributed by atoms with E-state index in [0.29, 0.717) is 35.9 Å². The molecule has 0 aliphatic carbocycles. The van der Waals surface area contributed by atoms with E-state index in [1.54, 1.807) is 19.1 Å². The van der Waals surface area contributed by atoms with E-state index in [1.165, 1.54) is 13.1 Å². The molecular weight excluding hydrogens is 523 g/mol. The summed E-state index contributed by atoms with van der Waals surface area (Å²) in [6, 6.07) is 18.6. The molecule has 0 spiro atoms. The molecule has 0 saturated heterocycles. The zero-order valence-corrected chi connectivity index (χ0v) is 22.0. The van der Waals surface area contributed by atoms with Crippen molar-refractivity contribution in [3.63, 3.8) is 0 Å². The van der Waals surface area contributed by atoms with Crippen LogP contribution in [0, 0.1) is 0 Å². The summed E-state index contributed by atoms with van der Waals surface area (Å²) < 4.78 is 54.2. The Morgan fingerprint density at radius 1 is 1.07 bits per heavy atom. The minimum absolute atomic E-state index is 0. The van der Waals surface area contributed by atoms with Gasteiger partial charge in [0.1, 0.15) is 11.4 Å². The number of rotatable bonds is 9. The summed E-state index contributed by atoms with van der Waals surface area (Å²) in [5.74, 6) is 0.150. The Kier molecular flexibility index (Phi) is 7.53. The number of benzene rings is 3. The Bertz CT molecular complexity index is 1690. The molecule has 2 heterocycles. The lowest BCUT2D eigenvalue weighted by molar-refractivity contribution is -0.143. The number of fused-ring (bicyclic) bond motifs is 2. The first-order valence-electron chi connectivity index (χ1n) is 12.9. The first-order chi connectivity index (χ1) is 19.2. The first-order valence-corrected chi connectivity index (χ1v) is 12.9. The summed E-state index contributed by atoms with van der Waals surface area (Å²) in [6.45, 7) is 1.50. The fraction of sp³-hybridized carbons (Fsp3) is 0.267. The lowest BCUT2D eigenvalue weighted by Crippen LogP contribution is -2.13. The van der Waals surface area contributed by atoms with Crippen LogP contribution in [0.25, 0.3) is 32.8 Å². The van der Waals surface area contributed by atoms with Crippen molar-refractivity contribution in [2.24, 2.45) is 7.05 Å². The molecule has 0 radical (unpaired) electrons. The van der Waals surface area contributed by atoms with Crippen LogP contribution in [0.15, 0.2) is 60.7 Å². The van der Waals surface area contributed by atoms with Crippen LogP contribution in [-0.4, -0.2) is 39.1 Å². The highest BCUT2D eigenvalue weighted by molar-refractivity contribution is 6.04. The Balaban J connectivity index is 0.00000387.